The van der Waals surface area contributed by atoms with Crippen molar-refractivity contribution in [1.82, 2.24) is 5.32 Å². The number of nitrogens with two attached hydrogens (primary N) is 1. The molecule has 0 aliphatic rings. The number of nitrogens with one attached hydrogen (secondary N) is 1. The van der Waals surface area contributed by atoms with E-state index in [4.69, 9.17) is 19.9 Å². The molecule has 0 bridgehead atoms. The van der Waals surface area contributed by atoms with Gasteiger partial charge in [0.1, 0.15) is 17.8 Å². The summed E-state index contributed by atoms with van der Waals surface area (Å²) in [5.41, 5.74) is 5.06. The summed E-state index contributed by atoms with van der Waals surface area (Å²) in [6, 6.07) is -3.80. The van der Waals surface area contributed by atoms with Crippen LogP contribution in [0.4, 0.5) is 0 Å². The predicted molar refractivity (Wildman–Crippen MR) is 60.4 cm³/mol. The van der Waals surface area contributed by atoms with Gasteiger partial charge in [-0.05, 0) is 0 Å². The maximum Gasteiger partial charge on any atom is 0.327 e. The number of hydrogen-bond acceptors (Lipinski definition) is 7. The number of carboxylic acids is 1. The lowest BCUT2D eigenvalue weighted by Gasteiger charge is -2.15. The molecule has 0 fully saturated rings. The minimum absolute atomic E-state index is 1.17. The average molecular weight is 320 g/mol. The zero-order valence-corrected chi connectivity index (χ0v) is 10.9. The summed E-state index contributed by atoms with van der Waals surface area (Å²) >= 11 is 0. The molecule has 0 saturated heterocycles. The molecule has 0 aromatic heterocycles. The van der Waals surface area contributed by atoms with Gasteiger partial charge >= 0.3 is 5.97 Å². The van der Waals surface area contributed by atoms with E-state index >= 15 is 0 Å². The number of carbonyl (C=O) groups excluding carboxylic acids is 1. The molecule has 2 atom stereocenters. The Morgan fingerprint density at radius 3 is 1.79 bits per heavy atom. The second-order valence-electron chi connectivity index (χ2n) is 3.50. The van der Waals surface area contributed by atoms with Crippen molar-refractivity contribution in [3.63, 3.8) is 0 Å². The Morgan fingerprint density at radius 1 is 1.05 bits per heavy atom. The van der Waals surface area contributed by atoms with Crippen molar-refractivity contribution < 1.29 is 40.6 Å². The van der Waals surface area contributed by atoms with Crippen LogP contribution in [-0.4, -0.2) is 66.5 Å². The van der Waals surface area contributed by atoms with E-state index < -0.39 is 55.7 Å². The highest BCUT2D eigenvalue weighted by molar-refractivity contribution is 7.86. The highest BCUT2D eigenvalue weighted by Gasteiger charge is 2.29. The van der Waals surface area contributed by atoms with Crippen LogP contribution in [0.15, 0.2) is 0 Å². The van der Waals surface area contributed by atoms with Crippen molar-refractivity contribution in [3.8, 4) is 0 Å². The van der Waals surface area contributed by atoms with Crippen LogP contribution in [0.2, 0.25) is 0 Å². The van der Waals surface area contributed by atoms with Gasteiger partial charge in [-0.2, -0.15) is 16.8 Å². The third-order valence-corrected chi connectivity index (χ3v) is 3.25. The van der Waals surface area contributed by atoms with E-state index in [0.717, 1.165) is 0 Å². The Labute approximate surface area is 108 Å². The van der Waals surface area contributed by atoms with E-state index in [-0.39, 0.29) is 0 Å². The van der Waals surface area contributed by atoms with Crippen LogP contribution in [0.1, 0.15) is 0 Å². The van der Waals surface area contributed by atoms with E-state index in [1.54, 1.807) is 5.32 Å². The second kappa shape index (κ2) is 6.25. The molecule has 0 aromatic rings. The molecule has 0 heterocycles. The normalized spacial score (nSPS) is 15.5. The summed E-state index contributed by atoms with van der Waals surface area (Å²) in [5.74, 6) is -5.57. The summed E-state index contributed by atoms with van der Waals surface area (Å²) < 4.78 is 58.8. The van der Waals surface area contributed by atoms with Crippen LogP contribution < -0.4 is 11.1 Å². The second-order valence-corrected chi connectivity index (χ2v) is 6.50. The Morgan fingerprint density at radius 2 is 1.47 bits per heavy atom. The Hall–Kier alpha value is -1.28. The fraction of sp³-hybridized carbons (Fsp3) is 0.667. The zero-order valence-electron chi connectivity index (χ0n) is 9.25. The van der Waals surface area contributed by atoms with Crippen LogP contribution in [0.25, 0.3) is 0 Å². The molecule has 11 nitrogen and oxygen atoms in total. The van der Waals surface area contributed by atoms with E-state index in [1.807, 2.05) is 0 Å². The van der Waals surface area contributed by atoms with E-state index in [1.165, 1.54) is 0 Å². The number of carbonyl (C=O) groups is 2. The molecule has 112 valence electrons. The van der Waals surface area contributed by atoms with Gasteiger partial charge in [-0.15, -0.1) is 0 Å². The molecule has 0 aliphatic heterocycles. The number of aliphatic carboxylic acids is 1. The minimum Gasteiger partial charge on any atom is -0.480 e. The lowest BCUT2D eigenvalue weighted by atomic mass is 10.3. The number of rotatable bonds is 7. The summed E-state index contributed by atoms with van der Waals surface area (Å²) in [6.07, 6.45) is 0. The predicted octanol–water partition coefficient (Wildman–Crippen LogP) is -3.34. The summed E-state index contributed by atoms with van der Waals surface area (Å²) in [4.78, 5) is 21.9. The van der Waals surface area contributed by atoms with Crippen molar-refractivity contribution in [3.05, 3.63) is 0 Å². The molecule has 1 amide bonds. The van der Waals surface area contributed by atoms with Crippen molar-refractivity contribution in [2.24, 2.45) is 5.73 Å². The lowest BCUT2D eigenvalue weighted by Crippen LogP contribution is -2.52. The van der Waals surface area contributed by atoms with Gasteiger partial charge in [0.05, 0.1) is 5.75 Å². The van der Waals surface area contributed by atoms with Gasteiger partial charge in [-0.25, -0.2) is 4.79 Å². The highest BCUT2D eigenvalue weighted by atomic mass is 32.2. The van der Waals surface area contributed by atoms with E-state index in [0.29, 0.717) is 0 Å². The summed E-state index contributed by atoms with van der Waals surface area (Å²) in [6.45, 7) is 0. The lowest BCUT2D eigenvalue weighted by molar-refractivity contribution is -0.141. The molecule has 0 aromatic carbocycles. The third kappa shape index (κ3) is 8.44. The Balaban J connectivity index is 4.78. The Kier molecular flexibility index (Phi) is 5.83. The molecular weight excluding hydrogens is 308 g/mol. The van der Waals surface area contributed by atoms with Gasteiger partial charge in [0.25, 0.3) is 20.2 Å². The summed E-state index contributed by atoms with van der Waals surface area (Å²) in [5, 5.41) is 10.2. The maximum absolute atomic E-state index is 11.3. The van der Waals surface area contributed by atoms with Crippen molar-refractivity contribution in [1.29, 1.82) is 0 Å². The van der Waals surface area contributed by atoms with Gasteiger partial charge in [-0.1, -0.05) is 0 Å². The smallest absolute Gasteiger partial charge is 0.327 e. The topological polar surface area (TPSA) is 201 Å². The van der Waals surface area contributed by atoms with Crippen LogP contribution in [-0.2, 0) is 29.8 Å². The highest BCUT2D eigenvalue weighted by Crippen LogP contribution is 1.95. The first-order chi connectivity index (χ1) is 8.32. The van der Waals surface area contributed by atoms with Crippen LogP contribution in [0, 0.1) is 0 Å². The van der Waals surface area contributed by atoms with Gasteiger partial charge < -0.3 is 16.2 Å². The van der Waals surface area contributed by atoms with Crippen molar-refractivity contribution >= 4 is 32.1 Å². The maximum atomic E-state index is 11.3. The van der Waals surface area contributed by atoms with E-state index in [9.17, 15) is 26.4 Å². The molecular formula is C6H12N2O9S2. The first-order valence-corrected chi connectivity index (χ1v) is 7.73. The number of carboxylic acid groups (broad SMARTS) is 1. The number of amides is 1. The third-order valence-electron chi connectivity index (χ3n) is 1.72. The van der Waals surface area contributed by atoms with Gasteiger partial charge in [0, 0.05) is 0 Å². The first-order valence-electron chi connectivity index (χ1n) is 4.51. The number of hydrogen-bond donors (Lipinski definition) is 5. The first kappa shape index (κ1) is 17.7. The van der Waals surface area contributed by atoms with Crippen molar-refractivity contribution in [2.45, 2.75) is 12.1 Å². The molecule has 0 radical (unpaired) electrons. The fourth-order valence-corrected chi connectivity index (χ4v) is 2.22. The average Bonchev–Trinajstić information content (AvgIpc) is 2.11. The molecule has 6 N–H and O–H groups in total. The quantitative estimate of drug-likeness (QED) is 0.295. The molecule has 19 heavy (non-hydrogen) atoms. The zero-order chi connectivity index (χ0) is 15.4. The van der Waals surface area contributed by atoms with E-state index in [2.05, 4.69) is 0 Å². The van der Waals surface area contributed by atoms with Crippen LogP contribution >= 0.6 is 0 Å². The SMILES string of the molecule is N[C@@H](CS(=O)(=O)O)C(=O)NC(CS(=O)(=O)O)C(=O)O. The molecule has 13 heteroatoms. The standard InChI is InChI=1S/C6H12N2O9S2/c7-3(1-18(12,13)14)5(9)8-4(6(10)11)2-19(15,16)17/h3-4H,1-2,7H2,(H,8,9)(H,10,11)(H,12,13,14)(H,15,16,17)/t3-,4?/m0/s1. The molecule has 1 unspecified atom stereocenters. The molecule has 0 spiro atoms. The van der Waals surface area contributed by atoms with Crippen LogP contribution in [0.3, 0.4) is 0 Å². The monoisotopic (exact) mass is 320 g/mol. The van der Waals surface area contributed by atoms with Crippen molar-refractivity contribution in [2.75, 3.05) is 11.5 Å². The van der Waals surface area contributed by atoms with Gasteiger partial charge in [-0.3, -0.25) is 13.9 Å². The largest absolute Gasteiger partial charge is 0.480 e. The Bertz CT molecular complexity index is 551. The fourth-order valence-electron chi connectivity index (χ4n) is 0.967. The molecule has 0 aliphatic carbocycles. The molecule has 0 saturated carbocycles. The van der Waals surface area contributed by atoms with Crippen LogP contribution in [0.5, 0.6) is 0 Å². The molecule has 0 rings (SSSR count). The minimum atomic E-state index is -4.68. The van der Waals surface area contributed by atoms with Gasteiger partial charge in [0.15, 0.2) is 0 Å². The summed E-state index contributed by atoms with van der Waals surface area (Å²) in [7, 11) is -9.24. The van der Waals surface area contributed by atoms with Gasteiger partial charge in [0.2, 0.25) is 5.91 Å².